The van der Waals surface area contributed by atoms with Crippen molar-refractivity contribution in [3.8, 4) is 17.4 Å². The van der Waals surface area contributed by atoms with Crippen molar-refractivity contribution in [1.82, 2.24) is 29.5 Å². The molecule has 126 valence electrons. The smallest absolute Gasteiger partial charge is 0.217 e. The SMILES string of the molecule is Cc1ccc(-c2nc([C@H](C)Cn3cccn3)n(-c3ccccn3)n2)o1. The second-order valence-corrected chi connectivity index (χ2v) is 5.93. The van der Waals surface area contributed by atoms with E-state index in [2.05, 4.69) is 22.1 Å². The summed E-state index contributed by atoms with van der Waals surface area (Å²) in [5.41, 5.74) is 0. The Morgan fingerprint density at radius 3 is 2.72 bits per heavy atom. The second-order valence-electron chi connectivity index (χ2n) is 5.93. The van der Waals surface area contributed by atoms with E-state index >= 15 is 0 Å². The highest BCUT2D eigenvalue weighted by molar-refractivity contribution is 5.47. The number of aryl methyl sites for hydroxylation is 1. The summed E-state index contributed by atoms with van der Waals surface area (Å²) in [4.78, 5) is 9.14. The highest BCUT2D eigenvalue weighted by atomic mass is 16.3. The second kappa shape index (κ2) is 6.35. The first-order valence-electron chi connectivity index (χ1n) is 8.13. The zero-order valence-corrected chi connectivity index (χ0v) is 14.1. The Labute approximate surface area is 145 Å². The minimum Gasteiger partial charge on any atom is -0.458 e. The van der Waals surface area contributed by atoms with E-state index in [-0.39, 0.29) is 5.92 Å². The molecule has 7 nitrogen and oxygen atoms in total. The molecule has 0 unspecified atom stereocenters. The number of aromatic nitrogens is 6. The highest BCUT2D eigenvalue weighted by Crippen LogP contribution is 2.24. The van der Waals surface area contributed by atoms with Gasteiger partial charge in [-0.05, 0) is 37.3 Å². The molecule has 0 bridgehead atoms. The zero-order chi connectivity index (χ0) is 17.2. The molecular weight excluding hydrogens is 316 g/mol. The summed E-state index contributed by atoms with van der Waals surface area (Å²) in [7, 11) is 0. The van der Waals surface area contributed by atoms with Gasteiger partial charge in [0.25, 0.3) is 0 Å². The van der Waals surface area contributed by atoms with Crippen molar-refractivity contribution in [2.24, 2.45) is 0 Å². The van der Waals surface area contributed by atoms with Gasteiger partial charge in [0.1, 0.15) is 11.6 Å². The number of hydrogen-bond donors (Lipinski definition) is 0. The summed E-state index contributed by atoms with van der Waals surface area (Å²) in [5, 5.41) is 8.91. The molecule has 1 atom stereocenters. The van der Waals surface area contributed by atoms with Gasteiger partial charge in [0.05, 0.1) is 6.54 Å². The molecule has 0 spiro atoms. The predicted molar refractivity (Wildman–Crippen MR) is 92.2 cm³/mol. The molecule has 0 N–H and O–H groups in total. The van der Waals surface area contributed by atoms with Gasteiger partial charge < -0.3 is 4.42 Å². The van der Waals surface area contributed by atoms with E-state index in [1.165, 1.54) is 0 Å². The number of nitrogens with zero attached hydrogens (tertiary/aromatic N) is 6. The lowest BCUT2D eigenvalue weighted by Crippen LogP contribution is -2.13. The van der Waals surface area contributed by atoms with E-state index in [0.29, 0.717) is 18.1 Å². The lowest BCUT2D eigenvalue weighted by Gasteiger charge is -2.12. The van der Waals surface area contributed by atoms with Crippen LogP contribution in [0.5, 0.6) is 0 Å². The van der Waals surface area contributed by atoms with E-state index in [1.807, 2.05) is 54.2 Å². The quantitative estimate of drug-likeness (QED) is 0.560. The largest absolute Gasteiger partial charge is 0.458 e. The predicted octanol–water partition coefficient (Wildman–Crippen LogP) is 3.23. The molecule has 4 rings (SSSR count). The highest BCUT2D eigenvalue weighted by Gasteiger charge is 2.21. The Hall–Kier alpha value is -3.22. The van der Waals surface area contributed by atoms with Gasteiger partial charge in [-0.1, -0.05) is 13.0 Å². The molecule has 0 saturated heterocycles. The van der Waals surface area contributed by atoms with Gasteiger partial charge in [0.2, 0.25) is 5.82 Å². The van der Waals surface area contributed by atoms with Crippen LogP contribution >= 0.6 is 0 Å². The number of pyridine rings is 1. The zero-order valence-electron chi connectivity index (χ0n) is 14.1. The Kier molecular flexibility index (Phi) is 3.89. The topological polar surface area (TPSA) is 74.6 Å². The molecule has 0 radical (unpaired) electrons. The van der Waals surface area contributed by atoms with Gasteiger partial charge in [-0.3, -0.25) is 4.68 Å². The van der Waals surface area contributed by atoms with Crippen molar-refractivity contribution in [2.75, 3.05) is 0 Å². The maximum absolute atomic E-state index is 5.68. The van der Waals surface area contributed by atoms with Crippen LogP contribution in [-0.2, 0) is 6.54 Å². The molecule has 4 aromatic rings. The Balaban J connectivity index is 1.76. The van der Waals surface area contributed by atoms with Gasteiger partial charge >= 0.3 is 0 Å². The molecule has 0 aromatic carbocycles. The molecule has 0 aliphatic heterocycles. The first-order chi connectivity index (χ1) is 12.2. The van der Waals surface area contributed by atoms with Crippen molar-refractivity contribution in [1.29, 1.82) is 0 Å². The molecule has 0 amide bonds. The molecule has 4 aromatic heterocycles. The average Bonchev–Trinajstić information content (AvgIpc) is 3.35. The molecule has 25 heavy (non-hydrogen) atoms. The summed E-state index contributed by atoms with van der Waals surface area (Å²) in [6.45, 7) is 4.71. The van der Waals surface area contributed by atoms with E-state index in [4.69, 9.17) is 9.40 Å². The number of rotatable bonds is 5. The first kappa shape index (κ1) is 15.3. The van der Waals surface area contributed by atoms with Crippen molar-refractivity contribution in [3.05, 3.63) is 66.6 Å². The Morgan fingerprint density at radius 2 is 2.04 bits per heavy atom. The summed E-state index contributed by atoms with van der Waals surface area (Å²) in [6, 6.07) is 11.4. The summed E-state index contributed by atoms with van der Waals surface area (Å²) < 4.78 is 9.35. The molecule has 7 heteroatoms. The van der Waals surface area contributed by atoms with E-state index in [9.17, 15) is 0 Å². The van der Waals surface area contributed by atoms with Crippen molar-refractivity contribution in [2.45, 2.75) is 26.3 Å². The van der Waals surface area contributed by atoms with Gasteiger partial charge in [-0.2, -0.15) is 9.78 Å². The minimum atomic E-state index is 0.0965. The summed E-state index contributed by atoms with van der Waals surface area (Å²) >= 11 is 0. The normalized spacial score (nSPS) is 12.4. The van der Waals surface area contributed by atoms with Gasteiger partial charge in [0, 0.05) is 24.5 Å². The standard InChI is InChI=1S/C18H18N6O/c1-13(12-23-11-5-10-20-23)18-21-17(15-8-7-14(2)25-15)22-24(18)16-6-3-4-9-19-16/h3-11,13H,12H2,1-2H3/t13-/m1/s1. The monoisotopic (exact) mass is 334 g/mol. The number of furan rings is 1. The molecule has 0 aliphatic rings. The average molecular weight is 334 g/mol. The van der Waals surface area contributed by atoms with Crippen LogP contribution in [0.2, 0.25) is 0 Å². The third-order valence-electron chi connectivity index (χ3n) is 3.92. The third kappa shape index (κ3) is 3.08. The van der Waals surface area contributed by atoms with Gasteiger partial charge in [-0.15, -0.1) is 5.10 Å². The first-order valence-corrected chi connectivity index (χ1v) is 8.13. The molecular formula is C18H18N6O. The molecule has 0 fully saturated rings. The van der Waals surface area contributed by atoms with Gasteiger partial charge in [0.15, 0.2) is 11.6 Å². The molecule has 0 saturated carbocycles. The van der Waals surface area contributed by atoms with Crippen LogP contribution in [0.25, 0.3) is 17.4 Å². The fourth-order valence-electron chi connectivity index (χ4n) is 2.72. The van der Waals surface area contributed by atoms with E-state index in [1.54, 1.807) is 17.1 Å². The van der Waals surface area contributed by atoms with Crippen LogP contribution in [0.4, 0.5) is 0 Å². The fraction of sp³-hybridized carbons (Fsp3) is 0.222. The van der Waals surface area contributed by atoms with Crippen LogP contribution < -0.4 is 0 Å². The van der Waals surface area contributed by atoms with Crippen LogP contribution in [0.1, 0.15) is 24.4 Å². The number of hydrogen-bond acceptors (Lipinski definition) is 5. The minimum absolute atomic E-state index is 0.0965. The lowest BCUT2D eigenvalue weighted by molar-refractivity contribution is 0.514. The molecule has 0 aliphatic carbocycles. The van der Waals surface area contributed by atoms with Crippen molar-refractivity contribution < 1.29 is 4.42 Å². The molecule has 4 heterocycles. The Morgan fingerprint density at radius 1 is 1.12 bits per heavy atom. The van der Waals surface area contributed by atoms with Gasteiger partial charge in [-0.25, -0.2) is 9.97 Å². The maximum Gasteiger partial charge on any atom is 0.217 e. The van der Waals surface area contributed by atoms with E-state index in [0.717, 1.165) is 17.4 Å². The summed E-state index contributed by atoms with van der Waals surface area (Å²) in [6.07, 6.45) is 5.46. The third-order valence-corrected chi connectivity index (χ3v) is 3.92. The lowest BCUT2D eigenvalue weighted by atomic mass is 10.1. The van der Waals surface area contributed by atoms with Crippen LogP contribution in [0.3, 0.4) is 0 Å². The Bertz CT molecular complexity index is 955. The maximum atomic E-state index is 5.68. The van der Waals surface area contributed by atoms with Crippen molar-refractivity contribution >= 4 is 0 Å². The van der Waals surface area contributed by atoms with E-state index < -0.39 is 0 Å². The van der Waals surface area contributed by atoms with Crippen LogP contribution in [-0.4, -0.2) is 29.5 Å². The van der Waals surface area contributed by atoms with Crippen molar-refractivity contribution in [3.63, 3.8) is 0 Å². The fourth-order valence-corrected chi connectivity index (χ4v) is 2.72. The van der Waals surface area contributed by atoms with Crippen LogP contribution in [0, 0.1) is 6.92 Å². The summed E-state index contributed by atoms with van der Waals surface area (Å²) in [5.74, 6) is 3.68. The van der Waals surface area contributed by atoms with Crippen LogP contribution in [0.15, 0.2) is 59.4 Å².